The molecule has 2 aromatic carbocycles. The lowest BCUT2D eigenvalue weighted by molar-refractivity contribution is 0.561. The van der Waals surface area contributed by atoms with Crippen molar-refractivity contribution in [2.75, 3.05) is 11.9 Å². The van der Waals surface area contributed by atoms with E-state index in [4.69, 9.17) is 5.73 Å². The van der Waals surface area contributed by atoms with Crippen LogP contribution in [0.5, 0.6) is 0 Å². The first-order chi connectivity index (χ1) is 10.7. The van der Waals surface area contributed by atoms with Gasteiger partial charge in [0.1, 0.15) is 0 Å². The lowest BCUT2D eigenvalue weighted by atomic mass is 9.83. The van der Waals surface area contributed by atoms with Crippen LogP contribution in [0.3, 0.4) is 0 Å². The predicted octanol–water partition coefficient (Wildman–Crippen LogP) is 4.46. The molecule has 23 heavy (non-hydrogen) atoms. The maximum Gasteiger partial charge on any atom is 0.193 e. The number of nitrogens with zero attached hydrogens (tertiary/aromatic N) is 1. The largest absolute Gasteiger partial charge is 0.370 e. The van der Waals surface area contributed by atoms with Crippen LogP contribution < -0.4 is 11.1 Å². The molecule has 4 heteroatoms. The van der Waals surface area contributed by atoms with Crippen LogP contribution in [0.1, 0.15) is 35.4 Å². The predicted molar refractivity (Wildman–Crippen MR) is 109 cm³/mol. The Kier molecular flexibility index (Phi) is 6.45. The summed E-state index contributed by atoms with van der Waals surface area (Å²) in [6.07, 6.45) is 3.62. The first-order valence-corrected chi connectivity index (χ1v) is 7.94. The van der Waals surface area contributed by atoms with Gasteiger partial charge in [-0.1, -0.05) is 36.4 Å². The van der Waals surface area contributed by atoms with Crippen molar-refractivity contribution in [3.8, 4) is 0 Å². The molecule has 0 saturated heterocycles. The van der Waals surface area contributed by atoms with Crippen LogP contribution in [0.15, 0.2) is 53.5 Å². The number of guanidine groups is 1. The van der Waals surface area contributed by atoms with Gasteiger partial charge in [0, 0.05) is 18.2 Å². The van der Waals surface area contributed by atoms with Crippen molar-refractivity contribution in [2.45, 2.75) is 32.1 Å². The van der Waals surface area contributed by atoms with Gasteiger partial charge in [0.25, 0.3) is 0 Å². The number of halogens is 1. The fourth-order valence-electron chi connectivity index (χ4n) is 3.16. The molecule has 0 aromatic heterocycles. The normalized spacial score (nSPS) is 17.1. The molecule has 3 nitrogen and oxygen atoms in total. The monoisotopic (exact) mass is 421 g/mol. The molecule has 0 heterocycles. The second-order valence-electron chi connectivity index (χ2n) is 6.01. The van der Waals surface area contributed by atoms with Crippen LogP contribution in [0.25, 0.3) is 0 Å². The smallest absolute Gasteiger partial charge is 0.193 e. The van der Waals surface area contributed by atoms with E-state index in [2.05, 4.69) is 53.6 Å². The molecule has 1 atom stereocenters. The average molecular weight is 421 g/mol. The summed E-state index contributed by atoms with van der Waals surface area (Å²) in [6.45, 7) is 2.82. The summed E-state index contributed by atoms with van der Waals surface area (Å²) in [5.74, 6) is 0.983. The average Bonchev–Trinajstić information content (AvgIpc) is 2.53. The van der Waals surface area contributed by atoms with Gasteiger partial charge in [-0.25, -0.2) is 0 Å². The van der Waals surface area contributed by atoms with Crippen LogP contribution >= 0.6 is 24.0 Å². The lowest BCUT2D eigenvalue weighted by Crippen LogP contribution is -2.24. The molecule has 1 aliphatic rings. The van der Waals surface area contributed by atoms with Gasteiger partial charge in [-0.3, -0.25) is 4.99 Å². The molecule has 1 aliphatic carbocycles. The minimum atomic E-state index is 0. The van der Waals surface area contributed by atoms with E-state index in [0.29, 0.717) is 11.9 Å². The Morgan fingerprint density at radius 3 is 2.87 bits per heavy atom. The van der Waals surface area contributed by atoms with E-state index in [1.807, 2.05) is 12.1 Å². The summed E-state index contributed by atoms with van der Waals surface area (Å²) in [6, 6.07) is 16.9. The topological polar surface area (TPSA) is 50.4 Å². The third-order valence-corrected chi connectivity index (χ3v) is 4.27. The van der Waals surface area contributed by atoms with Gasteiger partial charge in [-0.05, 0) is 55.0 Å². The van der Waals surface area contributed by atoms with Crippen molar-refractivity contribution in [2.24, 2.45) is 10.7 Å². The van der Waals surface area contributed by atoms with E-state index < -0.39 is 0 Å². The quantitative estimate of drug-likeness (QED) is 0.437. The number of hydrogen-bond acceptors (Lipinski definition) is 1. The molecule has 0 spiro atoms. The number of nitrogens with one attached hydrogen (secondary N) is 1. The third kappa shape index (κ3) is 4.70. The molecule has 1 unspecified atom stereocenters. The van der Waals surface area contributed by atoms with Crippen LogP contribution in [0.2, 0.25) is 0 Å². The number of aryl methyl sites for hydroxylation is 2. The summed E-state index contributed by atoms with van der Waals surface area (Å²) in [5, 5.41) is 3.17. The summed E-state index contributed by atoms with van der Waals surface area (Å²) in [5.41, 5.74) is 11.1. The minimum Gasteiger partial charge on any atom is -0.370 e. The van der Waals surface area contributed by atoms with Gasteiger partial charge >= 0.3 is 0 Å². The molecular formula is C19H24IN3. The van der Waals surface area contributed by atoms with Crippen molar-refractivity contribution in [1.82, 2.24) is 0 Å². The minimum absolute atomic E-state index is 0. The van der Waals surface area contributed by atoms with Gasteiger partial charge in [0.15, 0.2) is 5.96 Å². The number of nitrogens with two attached hydrogens (primary N) is 1. The number of anilines is 1. The highest BCUT2D eigenvalue weighted by molar-refractivity contribution is 14.0. The highest BCUT2D eigenvalue weighted by Gasteiger charge is 2.19. The summed E-state index contributed by atoms with van der Waals surface area (Å²) in [4.78, 5) is 4.55. The molecule has 0 aliphatic heterocycles. The molecule has 3 N–H and O–H groups in total. The van der Waals surface area contributed by atoms with Crippen molar-refractivity contribution in [3.05, 3.63) is 65.2 Å². The first kappa shape index (κ1) is 17.8. The van der Waals surface area contributed by atoms with Crippen LogP contribution in [0.4, 0.5) is 5.69 Å². The summed E-state index contributed by atoms with van der Waals surface area (Å²) < 4.78 is 0. The van der Waals surface area contributed by atoms with Gasteiger partial charge < -0.3 is 11.1 Å². The Morgan fingerprint density at radius 1 is 1.22 bits per heavy atom. The van der Waals surface area contributed by atoms with Gasteiger partial charge in [0.2, 0.25) is 0 Å². The second-order valence-corrected chi connectivity index (χ2v) is 6.01. The molecule has 0 saturated carbocycles. The number of rotatable bonds is 3. The van der Waals surface area contributed by atoms with Crippen molar-refractivity contribution < 1.29 is 0 Å². The van der Waals surface area contributed by atoms with Gasteiger partial charge in [0.05, 0.1) is 0 Å². The van der Waals surface area contributed by atoms with Crippen molar-refractivity contribution in [1.29, 1.82) is 0 Å². The molecular weight excluding hydrogens is 397 g/mol. The molecule has 0 fully saturated rings. The summed E-state index contributed by atoms with van der Waals surface area (Å²) in [7, 11) is 0. The Balaban J connectivity index is 0.00000192. The number of hydrogen-bond donors (Lipinski definition) is 2. The Morgan fingerprint density at radius 2 is 2.04 bits per heavy atom. The number of fused-ring (bicyclic) bond motifs is 1. The van der Waals surface area contributed by atoms with Crippen LogP contribution in [-0.4, -0.2) is 12.5 Å². The van der Waals surface area contributed by atoms with Crippen molar-refractivity contribution >= 4 is 35.6 Å². The van der Waals surface area contributed by atoms with Crippen LogP contribution in [-0.2, 0) is 6.42 Å². The SMILES string of the molecule is Cc1cccc(NC(N)=NCC2CCCc3ccccc32)c1.I. The molecule has 122 valence electrons. The number of aliphatic imine (C=N–C) groups is 1. The second kappa shape index (κ2) is 8.34. The zero-order chi connectivity index (χ0) is 15.4. The zero-order valence-corrected chi connectivity index (χ0v) is 15.8. The molecule has 0 radical (unpaired) electrons. The van der Waals surface area contributed by atoms with Crippen molar-refractivity contribution in [3.63, 3.8) is 0 Å². The van der Waals surface area contributed by atoms with E-state index >= 15 is 0 Å². The Bertz CT molecular complexity index is 682. The maximum atomic E-state index is 6.03. The van der Waals surface area contributed by atoms with E-state index in [9.17, 15) is 0 Å². The highest BCUT2D eigenvalue weighted by atomic mass is 127. The first-order valence-electron chi connectivity index (χ1n) is 7.94. The molecule has 0 bridgehead atoms. The highest BCUT2D eigenvalue weighted by Crippen LogP contribution is 2.31. The Hall–Kier alpha value is -1.56. The third-order valence-electron chi connectivity index (χ3n) is 4.27. The molecule has 3 rings (SSSR count). The maximum absolute atomic E-state index is 6.03. The van der Waals surface area contributed by atoms with E-state index in [1.54, 1.807) is 0 Å². The van der Waals surface area contributed by atoms with Crippen LogP contribution in [0, 0.1) is 6.92 Å². The zero-order valence-electron chi connectivity index (χ0n) is 13.5. The fraction of sp³-hybridized carbons (Fsp3) is 0.316. The van der Waals surface area contributed by atoms with Gasteiger partial charge in [-0.15, -0.1) is 24.0 Å². The van der Waals surface area contributed by atoms with Gasteiger partial charge in [-0.2, -0.15) is 0 Å². The lowest BCUT2D eigenvalue weighted by Gasteiger charge is -2.24. The fourth-order valence-corrected chi connectivity index (χ4v) is 3.16. The van der Waals surface area contributed by atoms with E-state index in [0.717, 1.165) is 12.2 Å². The molecule has 2 aromatic rings. The summed E-state index contributed by atoms with van der Waals surface area (Å²) >= 11 is 0. The standard InChI is InChI=1S/C19H23N3.HI/c1-14-6-4-10-17(12-14)22-19(20)21-13-16-9-5-8-15-7-2-3-11-18(15)16;/h2-4,6-7,10-12,16H,5,8-9,13H2,1H3,(H3,20,21,22);1H. The van der Waals surface area contributed by atoms with E-state index in [-0.39, 0.29) is 24.0 Å². The molecule has 0 amide bonds. The Labute approximate surface area is 155 Å². The van der Waals surface area contributed by atoms with E-state index in [1.165, 1.54) is 36.0 Å². The number of benzene rings is 2.